The smallest absolute Gasteiger partial charge is 0.450 e. The number of hydrogen-bond donors (Lipinski definition) is 1. The molecule has 0 unspecified atom stereocenters. The number of alkyl halides is 3. The van der Waals surface area contributed by atoms with Crippen molar-refractivity contribution in [3.8, 4) is 0 Å². The van der Waals surface area contributed by atoms with Gasteiger partial charge in [-0.2, -0.15) is 18.3 Å². The van der Waals surface area contributed by atoms with E-state index in [0.717, 1.165) is 33.5 Å². The molecule has 4 rings (SSSR count). The molecule has 0 spiro atoms. The van der Waals surface area contributed by atoms with Crippen molar-refractivity contribution < 1.29 is 32.2 Å². The molecule has 0 bridgehead atoms. The van der Waals surface area contributed by atoms with E-state index in [1.807, 2.05) is 0 Å². The lowest BCUT2D eigenvalue weighted by Crippen LogP contribution is -2.33. The van der Waals surface area contributed by atoms with Gasteiger partial charge in [-0.15, -0.1) is 0 Å². The zero-order valence-corrected chi connectivity index (χ0v) is 15.2. The van der Waals surface area contributed by atoms with Crippen LogP contribution in [0.25, 0.3) is 10.9 Å². The van der Waals surface area contributed by atoms with E-state index in [1.165, 1.54) is 0 Å². The molecule has 0 radical (unpaired) electrons. The number of ether oxygens (including phenoxy) is 1. The normalized spacial score (nSPS) is 16.5. The molecule has 0 saturated heterocycles. The predicted molar refractivity (Wildman–Crippen MR) is 93.4 cm³/mol. The number of rotatable bonds is 3. The molecule has 0 fully saturated rings. The van der Waals surface area contributed by atoms with Crippen LogP contribution < -0.4 is 5.69 Å². The summed E-state index contributed by atoms with van der Waals surface area (Å²) in [6.07, 6.45) is -6.19. The Morgan fingerprint density at radius 3 is 2.77 bits per heavy atom. The molecule has 0 aliphatic carbocycles. The third-order valence-electron chi connectivity index (χ3n) is 4.78. The average Bonchev–Trinajstić information content (AvgIpc) is 2.97. The maximum absolute atomic E-state index is 13.7. The monoisotopic (exact) mass is 426 g/mol. The molecule has 1 atom stereocenters. The number of fused-ring (bicyclic) bond motifs is 2. The minimum Gasteiger partial charge on any atom is -0.450 e. The van der Waals surface area contributed by atoms with Crippen LogP contribution in [-0.4, -0.2) is 30.6 Å². The molecule has 30 heavy (non-hydrogen) atoms. The second kappa shape index (κ2) is 7.11. The van der Waals surface area contributed by atoms with Crippen molar-refractivity contribution >= 4 is 17.1 Å². The molecule has 1 aliphatic heterocycles. The van der Waals surface area contributed by atoms with Crippen LogP contribution >= 0.6 is 0 Å². The molecule has 2 aromatic heterocycles. The maximum Gasteiger partial charge on any atom is 0.507 e. The number of aryl methyl sites for hydroxylation is 1. The molecule has 3 heterocycles. The number of carboxylic acid groups (broad SMARTS) is 1. The third-order valence-corrected chi connectivity index (χ3v) is 4.78. The molecular weight excluding hydrogens is 412 g/mol. The molecule has 8 nitrogen and oxygen atoms in total. The van der Waals surface area contributed by atoms with Crippen molar-refractivity contribution in [3.63, 3.8) is 0 Å². The Labute approximate surface area is 165 Å². The first-order chi connectivity index (χ1) is 14.1. The Morgan fingerprint density at radius 2 is 2.07 bits per heavy atom. The van der Waals surface area contributed by atoms with Gasteiger partial charge in [0.25, 0.3) is 0 Å². The van der Waals surface area contributed by atoms with Crippen LogP contribution in [0.5, 0.6) is 0 Å². The second-order valence-electron chi connectivity index (χ2n) is 6.78. The Bertz CT molecular complexity index is 1200. The van der Waals surface area contributed by atoms with E-state index in [0.29, 0.717) is 12.8 Å². The summed E-state index contributed by atoms with van der Waals surface area (Å²) in [5.41, 5.74) is -1.99. The van der Waals surface area contributed by atoms with Crippen molar-refractivity contribution in [2.45, 2.75) is 38.2 Å². The van der Waals surface area contributed by atoms with Gasteiger partial charge in [-0.3, -0.25) is 0 Å². The Kier molecular flexibility index (Phi) is 4.71. The van der Waals surface area contributed by atoms with Crippen LogP contribution in [-0.2, 0) is 23.9 Å². The van der Waals surface area contributed by atoms with Gasteiger partial charge >= 0.3 is 18.0 Å². The summed E-state index contributed by atoms with van der Waals surface area (Å²) in [6.45, 7) is -0.385. The Morgan fingerprint density at radius 1 is 1.30 bits per heavy atom. The highest BCUT2D eigenvalue weighted by Gasteiger charge is 2.34. The number of hydrogen-bond acceptors (Lipinski definition) is 5. The van der Waals surface area contributed by atoms with Crippen LogP contribution in [0.15, 0.2) is 29.1 Å². The second-order valence-corrected chi connectivity index (χ2v) is 6.78. The van der Waals surface area contributed by atoms with E-state index < -0.39 is 35.8 Å². The summed E-state index contributed by atoms with van der Waals surface area (Å²) < 4.78 is 60.2. The summed E-state index contributed by atoms with van der Waals surface area (Å²) in [7, 11) is 0. The quantitative estimate of drug-likeness (QED) is 0.510. The average molecular weight is 426 g/mol. The standard InChI is InChI=1S/C18H14F4N4O4/c19-10-4-5-12-11(7-10)9(6-13(23-12)18(20,21)22)8-25-16(27)26-14(24-25)2-1-3-15(26)30-17(28)29/h4-7,15H,1-3,8H2,(H,28,29)/t15-/m0/s1. The van der Waals surface area contributed by atoms with E-state index >= 15 is 0 Å². The molecular formula is C18H14F4N4O4. The molecule has 1 aromatic carbocycles. The van der Waals surface area contributed by atoms with Gasteiger partial charge < -0.3 is 9.84 Å². The Hall–Kier alpha value is -3.44. The molecule has 12 heteroatoms. The van der Waals surface area contributed by atoms with Gasteiger partial charge in [0.2, 0.25) is 0 Å². The van der Waals surface area contributed by atoms with E-state index in [9.17, 15) is 27.2 Å². The van der Waals surface area contributed by atoms with Gasteiger partial charge in [0.1, 0.15) is 17.3 Å². The van der Waals surface area contributed by atoms with Gasteiger partial charge in [0.15, 0.2) is 6.23 Å². The number of halogens is 4. The van der Waals surface area contributed by atoms with Gasteiger partial charge in [-0.25, -0.2) is 28.2 Å². The number of aromatic nitrogens is 4. The largest absolute Gasteiger partial charge is 0.507 e. The van der Waals surface area contributed by atoms with Gasteiger partial charge in [0.05, 0.1) is 12.1 Å². The summed E-state index contributed by atoms with van der Waals surface area (Å²) in [6, 6.07) is 3.91. The molecule has 1 aliphatic rings. The molecule has 0 saturated carbocycles. The van der Waals surface area contributed by atoms with Crippen LogP contribution in [0.1, 0.15) is 36.2 Å². The summed E-state index contributed by atoms with van der Waals surface area (Å²) in [4.78, 5) is 27.2. The number of nitrogens with zero attached hydrogens (tertiary/aromatic N) is 4. The lowest BCUT2D eigenvalue weighted by atomic mass is 10.1. The van der Waals surface area contributed by atoms with Crippen molar-refractivity contribution in [3.05, 3.63) is 57.6 Å². The highest BCUT2D eigenvalue weighted by atomic mass is 19.4. The molecule has 158 valence electrons. The summed E-state index contributed by atoms with van der Waals surface area (Å²) >= 11 is 0. The fourth-order valence-corrected chi connectivity index (χ4v) is 3.52. The zero-order chi connectivity index (χ0) is 21.6. The first-order valence-corrected chi connectivity index (χ1v) is 8.87. The van der Waals surface area contributed by atoms with E-state index in [-0.39, 0.29) is 35.3 Å². The lowest BCUT2D eigenvalue weighted by Gasteiger charge is -2.21. The fraction of sp³-hybridized carbons (Fsp3) is 0.333. The fourth-order valence-electron chi connectivity index (χ4n) is 3.52. The number of carbonyl (C=O) groups is 1. The minimum atomic E-state index is -4.74. The van der Waals surface area contributed by atoms with E-state index in [4.69, 9.17) is 9.84 Å². The van der Waals surface area contributed by atoms with Crippen molar-refractivity contribution in [2.75, 3.05) is 0 Å². The van der Waals surface area contributed by atoms with E-state index in [2.05, 4.69) is 10.1 Å². The first kappa shape index (κ1) is 19.9. The molecule has 0 amide bonds. The highest BCUT2D eigenvalue weighted by molar-refractivity contribution is 5.82. The van der Waals surface area contributed by atoms with Crippen LogP contribution in [0, 0.1) is 5.82 Å². The van der Waals surface area contributed by atoms with Crippen molar-refractivity contribution in [1.29, 1.82) is 0 Å². The summed E-state index contributed by atoms with van der Waals surface area (Å²) in [5, 5.41) is 13.1. The zero-order valence-electron chi connectivity index (χ0n) is 15.2. The van der Waals surface area contributed by atoms with Crippen molar-refractivity contribution in [1.82, 2.24) is 19.3 Å². The maximum atomic E-state index is 13.7. The van der Waals surface area contributed by atoms with Gasteiger partial charge in [-0.05, 0) is 36.2 Å². The third kappa shape index (κ3) is 3.60. The van der Waals surface area contributed by atoms with Gasteiger partial charge in [-0.1, -0.05) is 0 Å². The minimum absolute atomic E-state index is 0.0000693. The van der Waals surface area contributed by atoms with Gasteiger partial charge in [0, 0.05) is 18.2 Å². The number of pyridine rings is 1. The summed E-state index contributed by atoms with van der Waals surface area (Å²) in [5.74, 6) is -0.408. The van der Waals surface area contributed by atoms with Crippen LogP contribution in [0.2, 0.25) is 0 Å². The number of benzene rings is 1. The van der Waals surface area contributed by atoms with Crippen LogP contribution in [0.4, 0.5) is 22.4 Å². The Balaban J connectivity index is 1.82. The molecule has 3 aromatic rings. The molecule has 1 N–H and O–H groups in total. The van der Waals surface area contributed by atoms with Crippen molar-refractivity contribution in [2.24, 2.45) is 0 Å². The highest BCUT2D eigenvalue weighted by Crippen LogP contribution is 2.31. The lowest BCUT2D eigenvalue weighted by molar-refractivity contribution is -0.141. The van der Waals surface area contributed by atoms with Crippen LogP contribution in [0.3, 0.4) is 0 Å². The predicted octanol–water partition coefficient (Wildman–Crippen LogP) is 3.33. The topological polar surface area (TPSA) is 99.2 Å². The first-order valence-electron chi connectivity index (χ1n) is 8.87. The SMILES string of the molecule is O=C(O)O[C@H]1CCCc2nn(Cc3cc(C(F)(F)F)nc4ccc(F)cc34)c(=O)n21. The van der Waals surface area contributed by atoms with E-state index in [1.54, 1.807) is 0 Å².